The lowest BCUT2D eigenvalue weighted by molar-refractivity contribution is 0.409. The Bertz CT molecular complexity index is 779. The minimum Gasteiger partial charge on any atom is -0.496 e. The molecule has 148 valence electrons. The Morgan fingerprint density at radius 1 is 1.19 bits per heavy atom. The number of nitrogens with zero attached hydrogens (tertiary/aromatic N) is 3. The standard InChI is InChI=1S/C21H33N5O/c1-7-18-17(19(8-2)26(5)25-18)14-24-21(22-9-3)23-13-16-11-10-15(4)12-20(16)27-6/h10-12H,7-9,13-14H2,1-6H3,(H2,22,23,24). The van der Waals surface area contributed by atoms with Gasteiger partial charge in [0.2, 0.25) is 0 Å². The Morgan fingerprint density at radius 2 is 1.96 bits per heavy atom. The van der Waals surface area contributed by atoms with Gasteiger partial charge in [-0.3, -0.25) is 4.68 Å². The second kappa shape index (κ2) is 10.00. The average molecular weight is 372 g/mol. The van der Waals surface area contributed by atoms with Crippen molar-refractivity contribution >= 4 is 5.96 Å². The molecule has 2 rings (SSSR count). The SMILES string of the molecule is CCNC(=NCc1ccc(C)cc1OC)NCc1c(CC)nn(C)c1CC. The molecule has 0 aliphatic carbocycles. The van der Waals surface area contributed by atoms with Gasteiger partial charge >= 0.3 is 0 Å². The Labute approximate surface area is 163 Å². The first-order chi connectivity index (χ1) is 13.0. The highest BCUT2D eigenvalue weighted by molar-refractivity contribution is 5.79. The van der Waals surface area contributed by atoms with Crippen LogP contribution in [0.2, 0.25) is 0 Å². The quantitative estimate of drug-likeness (QED) is 0.553. The lowest BCUT2D eigenvalue weighted by Crippen LogP contribution is -2.37. The van der Waals surface area contributed by atoms with Gasteiger partial charge in [-0.15, -0.1) is 0 Å². The molecule has 0 bridgehead atoms. The molecular formula is C21H33N5O. The van der Waals surface area contributed by atoms with Crippen molar-refractivity contribution in [1.29, 1.82) is 0 Å². The maximum Gasteiger partial charge on any atom is 0.191 e. The molecule has 6 nitrogen and oxygen atoms in total. The van der Waals surface area contributed by atoms with Gasteiger partial charge in [0.1, 0.15) is 5.75 Å². The highest BCUT2D eigenvalue weighted by Gasteiger charge is 2.14. The first kappa shape index (κ1) is 20.8. The number of guanidine groups is 1. The van der Waals surface area contributed by atoms with Crippen LogP contribution in [0.5, 0.6) is 5.75 Å². The zero-order valence-electron chi connectivity index (χ0n) is 17.5. The van der Waals surface area contributed by atoms with Crippen LogP contribution >= 0.6 is 0 Å². The predicted molar refractivity (Wildman–Crippen MR) is 111 cm³/mol. The van der Waals surface area contributed by atoms with Gasteiger partial charge in [0.15, 0.2) is 5.96 Å². The first-order valence-corrected chi connectivity index (χ1v) is 9.73. The zero-order chi connectivity index (χ0) is 19.8. The van der Waals surface area contributed by atoms with Gasteiger partial charge in [-0.05, 0) is 38.3 Å². The Hall–Kier alpha value is -2.50. The molecule has 2 N–H and O–H groups in total. The minimum atomic E-state index is 0.563. The first-order valence-electron chi connectivity index (χ1n) is 9.73. The van der Waals surface area contributed by atoms with E-state index in [1.165, 1.54) is 16.8 Å². The summed E-state index contributed by atoms with van der Waals surface area (Å²) in [5, 5.41) is 11.4. The molecule has 0 amide bonds. The largest absolute Gasteiger partial charge is 0.496 e. The molecule has 0 atom stereocenters. The van der Waals surface area contributed by atoms with Crippen LogP contribution < -0.4 is 15.4 Å². The summed E-state index contributed by atoms with van der Waals surface area (Å²) in [6.45, 7) is 10.5. The number of rotatable bonds is 8. The molecule has 0 saturated heterocycles. The lowest BCUT2D eigenvalue weighted by atomic mass is 10.1. The molecule has 1 aromatic heterocycles. The van der Waals surface area contributed by atoms with E-state index in [-0.39, 0.29) is 0 Å². The fraction of sp³-hybridized carbons (Fsp3) is 0.524. The van der Waals surface area contributed by atoms with E-state index in [0.717, 1.165) is 48.9 Å². The van der Waals surface area contributed by atoms with Crippen LogP contribution in [-0.2, 0) is 33.0 Å². The molecule has 0 radical (unpaired) electrons. The second-order valence-electron chi connectivity index (χ2n) is 6.57. The van der Waals surface area contributed by atoms with E-state index in [4.69, 9.17) is 9.73 Å². The van der Waals surface area contributed by atoms with Crippen molar-refractivity contribution in [3.05, 3.63) is 46.3 Å². The van der Waals surface area contributed by atoms with Gasteiger partial charge in [-0.25, -0.2) is 4.99 Å². The van der Waals surface area contributed by atoms with E-state index >= 15 is 0 Å². The van der Waals surface area contributed by atoms with Crippen molar-refractivity contribution in [3.8, 4) is 5.75 Å². The number of aryl methyl sites for hydroxylation is 3. The third-order valence-corrected chi connectivity index (χ3v) is 4.65. The van der Waals surface area contributed by atoms with Crippen molar-refractivity contribution in [2.75, 3.05) is 13.7 Å². The molecule has 1 aromatic carbocycles. The van der Waals surface area contributed by atoms with Crippen molar-refractivity contribution in [1.82, 2.24) is 20.4 Å². The van der Waals surface area contributed by atoms with Crippen LogP contribution in [0, 0.1) is 6.92 Å². The second-order valence-corrected chi connectivity index (χ2v) is 6.57. The summed E-state index contributed by atoms with van der Waals surface area (Å²) < 4.78 is 7.49. The summed E-state index contributed by atoms with van der Waals surface area (Å²) in [6.07, 6.45) is 1.90. The van der Waals surface area contributed by atoms with Crippen LogP contribution in [0.1, 0.15) is 48.8 Å². The summed E-state index contributed by atoms with van der Waals surface area (Å²) in [5.74, 6) is 1.68. The molecule has 0 unspecified atom stereocenters. The summed E-state index contributed by atoms with van der Waals surface area (Å²) >= 11 is 0. The van der Waals surface area contributed by atoms with E-state index in [9.17, 15) is 0 Å². The zero-order valence-corrected chi connectivity index (χ0v) is 17.5. The van der Waals surface area contributed by atoms with Gasteiger partial charge in [-0.2, -0.15) is 5.10 Å². The predicted octanol–water partition coefficient (Wildman–Crippen LogP) is 3.12. The Balaban J connectivity index is 2.15. The lowest BCUT2D eigenvalue weighted by Gasteiger charge is -2.13. The molecule has 27 heavy (non-hydrogen) atoms. The molecule has 0 spiro atoms. The molecule has 0 aliphatic heterocycles. The number of hydrogen-bond donors (Lipinski definition) is 2. The van der Waals surface area contributed by atoms with E-state index in [2.05, 4.69) is 55.6 Å². The number of ether oxygens (including phenoxy) is 1. The van der Waals surface area contributed by atoms with E-state index < -0.39 is 0 Å². The van der Waals surface area contributed by atoms with Gasteiger partial charge in [0, 0.05) is 37.0 Å². The number of aliphatic imine (C=N–C) groups is 1. The van der Waals surface area contributed by atoms with Crippen LogP contribution in [-0.4, -0.2) is 29.4 Å². The minimum absolute atomic E-state index is 0.563. The summed E-state index contributed by atoms with van der Waals surface area (Å²) in [7, 11) is 3.72. The summed E-state index contributed by atoms with van der Waals surface area (Å²) in [5.41, 5.74) is 5.96. The average Bonchev–Trinajstić information content (AvgIpc) is 2.99. The normalized spacial score (nSPS) is 11.6. The van der Waals surface area contributed by atoms with Gasteiger partial charge < -0.3 is 15.4 Å². The number of hydrogen-bond acceptors (Lipinski definition) is 3. The monoisotopic (exact) mass is 371 g/mol. The number of benzene rings is 1. The van der Waals surface area contributed by atoms with E-state index in [0.29, 0.717) is 6.54 Å². The fourth-order valence-corrected chi connectivity index (χ4v) is 3.25. The molecule has 2 aromatic rings. The number of nitrogens with one attached hydrogen (secondary N) is 2. The molecule has 0 saturated carbocycles. The molecule has 1 heterocycles. The summed E-state index contributed by atoms with van der Waals surface area (Å²) in [4.78, 5) is 4.74. The smallest absolute Gasteiger partial charge is 0.191 e. The van der Waals surface area contributed by atoms with Crippen molar-refractivity contribution in [2.24, 2.45) is 12.0 Å². The van der Waals surface area contributed by atoms with E-state index in [1.54, 1.807) is 7.11 Å². The van der Waals surface area contributed by atoms with E-state index in [1.807, 2.05) is 17.8 Å². The Kier molecular flexibility index (Phi) is 7.70. The molecular weight excluding hydrogens is 338 g/mol. The third kappa shape index (κ3) is 5.25. The van der Waals surface area contributed by atoms with Crippen molar-refractivity contribution < 1.29 is 4.74 Å². The number of aromatic nitrogens is 2. The van der Waals surface area contributed by atoms with Crippen LogP contribution in [0.4, 0.5) is 0 Å². The Morgan fingerprint density at radius 3 is 2.59 bits per heavy atom. The fourth-order valence-electron chi connectivity index (χ4n) is 3.25. The third-order valence-electron chi connectivity index (χ3n) is 4.65. The van der Waals surface area contributed by atoms with Crippen molar-refractivity contribution in [2.45, 2.75) is 53.6 Å². The topological polar surface area (TPSA) is 63.5 Å². The highest BCUT2D eigenvalue weighted by atomic mass is 16.5. The molecule has 6 heteroatoms. The number of methoxy groups -OCH3 is 1. The maximum atomic E-state index is 5.49. The van der Waals surface area contributed by atoms with Crippen LogP contribution in [0.25, 0.3) is 0 Å². The molecule has 0 aliphatic rings. The molecule has 0 fully saturated rings. The van der Waals surface area contributed by atoms with Gasteiger partial charge in [-0.1, -0.05) is 26.0 Å². The highest BCUT2D eigenvalue weighted by Crippen LogP contribution is 2.20. The summed E-state index contributed by atoms with van der Waals surface area (Å²) in [6, 6.07) is 6.21. The maximum absolute atomic E-state index is 5.49. The van der Waals surface area contributed by atoms with Crippen LogP contribution in [0.3, 0.4) is 0 Å². The van der Waals surface area contributed by atoms with Gasteiger partial charge in [0.05, 0.1) is 19.3 Å². The van der Waals surface area contributed by atoms with Crippen molar-refractivity contribution in [3.63, 3.8) is 0 Å². The van der Waals surface area contributed by atoms with Crippen LogP contribution in [0.15, 0.2) is 23.2 Å². The van der Waals surface area contributed by atoms with Gasteiger partial charge in [0.25, 0.3) is 0 Å².